The Morgan fingerprint density at radius 2 is 1.87 bits per heavy atom. The molecule has 0 spiro atoms. The summed E-state index contributed by atoms with van der Waals surface area (Å²) in [5.41, 5.74) is 2.47. The van der Waals surface area contributed by atoms with Crippen LogP contribution in [0.2, 0.25) is 0 Å². The van der Waals surface area contributed by atoms with Crippen molar-refractivity contribution in [1.82, 2.24) is 0 Å². The number of esters is 1. The lowest BCUT2D eigenvalue weighted by Gasteiger charge is -2.09. The minimum atomic E-state index is -0.509. The monoisotopic (exact) mass is 418 g/mol. The van der Waals surface area contributed by atoms with Crippen LogP contribution in [0.1, 0.15) is 27.0 Å². The summed E-state index contributed by atoms with van der Waals surface area (Å²) in [6, 6.07) is 18.4. The van der Waals surface area contributed by atoms with Gasteiger partial charge in [0.05, 0.1) is 5.56 Å². The van der Waals surface area contributed by atoms with Crippen molar-refractivity contribution in [2.45, 2.75) is 13.5 Å². The molecule has 0 unspecified atom stereocenters. The lowest BCUT2D eigenvalue weighted by Crippen LogP contribution is -2.14. The molecule has 0 saturated heterocycles. The number of ether oxygens (including phenoxy) is 3. The van der Waals surface area contributed by atoms with Crippen molar-refractivity contribution in [2.75, 3.05) is 6.61 Å². The van der Waals surface area contributed by atoms with E-state index in [0.29, 0.717) is 28.2 Å². The van der Waals surface area contributed by atoms with Crippen LogP contribution < -0.4 is 9.47 Å². The van der Waals surface area contributed by atoms with Gasteiger partial charge in [0.25, 0.3) is 0 Å². The van der Waals surface area contributed by atoms with Crippen molar-refractivity contribution in [1.29, 1.82) is 0 Å². The highest BCUT2D eigenvalue weighted by Crippen LogP contribution is 2.37. The molecule has 3 aromatic carbocycles. The molecule has 0 amide bonds. The highest BCUT2D eigenvalue weighted by Gasteiger charge is 2.30. The first-order chi connectivity index (χ1) is 15.0. The number of allylic oxidation sites excluding steroid dienone is 1. The van der Waals surface area contributed by atoms with E-state index in [9.17, 15) is 14.0 Å². The average Bonchev–Trinajstić information content (AvgIpc) is 3.07. The SMILES string of the molecule is Cc1cc(OCC(=O)OCc2ccccc2)cc2c1C(=O)/C(=C/c1cccc(F)c1)O2. The lowest BCUT2D eigenvalue weighted by atomic mass is 10.0. The van der Waals surface area contributed by atoms with Gasteiger partial charge in [-0.3, -0.25) is 4.79 Å². The number of hydrogen-bond acceptors (Lipinski definition) is 5. The van der Waals surface area contributed by atoms with Gasteiger partial charge in [0.1, 0.15) is 23.9 Å². The maximum Gasteiger partial charge on any atom is 0.344 e. The first-order valence-electron chi connectivity index (χ1n) is 9.66. The normalized spacial score (nSPS) is 13.6. The Morgan fingerprint density at radius 3 is 2.65 bits per heavy atom. The molecule has 4 rings (SSSR count). The number of Topliss-reactive ketones (excluding diaryl/α,β-unsaturated/α-hetero) is 1. The van der Waals surface area contributed by atoms with Crippen LogP contribution in [0.25, 0.3) is 6.08 Å². The van der Waals surface area contributed by atoms with Gasteiger partial charge in [0.2, 0.25) is 5.78 Å². The van der Waals surface area contributed by atoms with Crippen LogP contribution >= 0.6 is 0 Å². The van der Waals surface area contributed by atoms with Gasteiger partial charge in [-0.05, 0) is 47.9 Å². The van der Waals surface area contributed by atoms with Crippen LogP contribution in [0.5, 0.6) is 11.5 Å². The van der Waals surface area contributed by atoms with E-state index in [1.807, 2.05) is 30.3 Å². The first-order valence-corrected chi connectivity index (χ1v) is 9.66. The van der Waals surface area contributed by atoms with Gasteiger partial charge in [0, 0.05) is 6.07 Å². The Kier molecular flexibility index (Phi) is 5.80. The molecule has 0 radical (unpaired) electrons. The molecule has 1 aliphatic rings. The van der Waals surface area contributed by atoms with Crippen molar-refractivity contribution < 1.29 is 28.2 Å². The van der Waals surface area contributed by atoms with Gasteiger partial charge < -0.3 is 14.2 Å². The van der Waals surface area contributed by atoms with Crippen LogP contribution in [-0.2, 0) is 16.1 Å². The van der Waals surface area contributed by atoms with E-state index in [2.05, 4.69) is 0 Å². The Bertz CT molecular complexity index is 1170. The van der Waals surface area contributed by atoms with Crippen LogP contribution in [0.4, 0.5) is 4.39 Å². The molecule has 156 valence electrons. The summed E-state index contributed by atoms with van der Waals surface area (Å²) in [4.78, 5) is 24.7. The number of benzene rings is 3. The second kappa shape index (κ2) is 8.83. The zero-order valence-corrected chi connectivity index (χ0v) is 16.8. The number of carbonyl (C=O) groups is 2. The Hall–Kier alpha value is -3.93. The van der Waals surface area contributed by atoms with E-state index in [4.69, 9.17) is 14.2 Å². The summed E-state index contributed by atoms with van der Waals surface area (Å²) < 4.78 is 29.8. The molecule has 0 bridgehead atoms. The van der Waals surface area contributed by atoms with Gasteiger partial charge in [-0.25, -0.2) is 9.18 Å². The molecule has 6 heteroatoms. The molecular weight excluding hydrogens is 399 g/mol. The van der Waals surface area contributed by atoms with E-state index in [1.54, 1.807) is 31.2 Å². The molecule has 1 heterocycles. The quantitative estimate of drug-likeness (QED) is 0.422. The third-order valence-corrected chi connectivity index (χ3v) is 4.69. The number of rotatable bonds is 6. The fraction of sp³-hybridized carbons (Fsp3) is 0.120. The molecule has 31 heavy (non-hydrogen) atoms. The van der Waals surface area contributed by atoms with Crippen molar-refractivity contribution in [2.24, 2.45) is 0 Å². The third-order valence-electron chi connectivity index (χ3n) is 4.69. The number of hydrogen-bond donors (Lipinski definition) is 0. The Morgan fingerprint density at radius 1 is 1.06 bits per heavy atom. The van der Waals surface area contributed by atoms with Gasteiger partial charge in [-0.2, -0.15) is 0 Å². The van der Waals surface area contributed by atoms with Gasteiger partial charge in [-0.15, -0.1) is 0 Å². The summed E-state index contributed by atoms with van der Waals surface area (Å²) in [6.07, 6.45) is 1.49. The molecule has 0 saturated carbocycles. The number of aryl methyl sites for hydroxylation is 1. The minimum absolute atomic E-state index is 0.100. The standard InChI is InChI=1S/C25H19FO5/c1-16-10-20(29-15-23(27)30-14-17-6-3-2-4-7-17)13-21-24(16)25(28)22(31-21)12-18-8-5-9-19(26)11-18/h2-13H,14-15H2,1H3/b22-12-. The third kappa shape index (κ3) is 4.80. The molecule has 0 aliphatic carbocycles. The van der Waals surface area contributed by atoms with Crippen molar-refractivity contribution in [3.8, 4) is 11.5 Å². The van der Waals surface area contributed by atoms with Gasteiger partial charge in [-0.1, -0.05) is 42.5 Å². The largest absolute Gasteiger partial charge is 0.482 e. The second-order valence-corrected chi connectivity index (χ2v) is 7.04. The molecule has 3 aromatic rings. The number of carbonyl (C=O) groups excluding carboxylic acids is 2. The number of ketones is 1. The van der Waals surface area contributed by atoms with E-state index in [-0.39, 0.29) is 24.8 Å². The smallest absolute Gasteiger partial charge is 0.344 e. The molecular formula is C25H19FO5. The molecule has 1 aliphatic heterocycles. The minimum Gasteiger partial charge on any atom is -0.482 e. The molecule has 0 fully saturated rings. The summed E-state index contributed by atoms with van der Waals surface area (Å²) in [6.45, 7) is 1.65. The van der Waals surface area contributed by atoms with Crippen LogP contribution in [-0.4, -0.2) is 18.4 Å². The highest BCUT2D eigenvalue weighted by atomic mass is 19.1. The van der Waals surface area contributed by atoms with Gasteiger partial charge >= 0.3 is 5.97 Å². The fourth-order valence-electron chi connectivity index (χ4n) is 3.23. The van der Waals surface area contributed by atoms with Crippen LogP contribution in [0.15, 0.2) is 72.5 Å². The topological polar surface area (TPSA) is 61.8 Å². The van der Waals surface area contributed by atoms with Crippen LogP contribution in [0, 0.1) is 12.7 Å². The maximum absolute atomic E-state index is 13.4. The van der Waals surface area contributed by atoms with E-state index in [1.165, 1.54) is 18.2 Å². The summed E-state index contributed by atoms with van der Waals surface area (Å²) in [5.74, 6) is -0.379. The van der Waals surface area contributed by atoms with E-state index < -0.39 is 11.8 Å². The van der Waals surface area contributed by atoms with E-state index in [0.717, 1.165) is 5.56 Å². The lowest BCUT2D eigenvalue weighted by molar-refractivity contribution is -0.147. The maximum atomic E-state index is 13.4. The zero-order chi connectivity index (χ0) is 21.8. The number of fused-ring (bicyclic) bond motifs is 1. The Balaban J connectivity index is 1.42. The van der Waals surface area contributed by atoms with Crippen molar-refractivity contribution in [3.63, 3.8) is 0 Å². The Labute approximate surface area is 178 Å². The molecule has 0 aromatic heterocycles. The predicted molar refractivity (Wildman–Crippen MR) is 112 cm³/mol. The van der Waals surface area contributed by atoms with Crippen LogP contribution in [0.3, 0.4) is 0 Å². The summed E-state index contributed by atoms with van der Waals surface area (Å²) >= 11 is 0. The summed E-state index contributed by atoms with van der Waals surface area (Å²) in [7, 11) is 0. The predicted octanol–water partition coefficient (Wildman–Crippen LogP) is 4.87. The second-order valence-electron chi connectivity index (χ2n) is 7.04. The average molecular weight is 418 g/mol. The van der Waals surface area contributed by atoms with Crippen molar-refractivity contribution >= 4 is 17.8 Å². The summed E-state index contributed by atoms with van der Waals surface area (Å²) in [5, 5.41) is 0. The fourth-order valence-corrected chi connectivity index (χ4v) is 3.23. The van der Waals surface area contributed by atoms with Crippen molar-refractivity contribution in [3.05, 3.63) is 101 Å². The molecule has 0 N–H and O–H groups in total. The van der Waals surface area contributed by atoms with Gasteiger partial charge in [0.15, 0.2) is 12.4 Å². The molecule has 5 nitrogen and oxygen atoms in total. The van der Waals surface area contributed by atoms with E-state index >= 15 is 0 Å². The highest BCUT2D eigenvalue weighted by molar-refractivity contribution is 6.15. The molecule has 0 atom stereocenters. The number of halogens is 1. The zero-order valence-electron chi connectivity index (χ0n) is 16.8. The first kappa shape index (κ1) is 20.3.